The molecule has 0 aliphatic carbocycles. The number of benzene rings is 2. The van der Waals surface area contributed by atoms with Crippen LogP contribution in [0, 0.1) is 26.7 Å². The second kappa shape index (κ2) is 8.13. The summed E-state index contributed by atoms with van der Waals surface area (Å²) in [5.74, 6) is -0.0959. The summed E-state index contributed by atoms with van der Waals surface area (Å²) in [6.45, 7) is 7.10. The fourth-order valence-electron chi connectivity index (χ4n) is 3.52. The van der Waals surface area contributed by atoms with Crippen LogP contribution in [-0.4, -0.2) is 29.8 Å². The van der Waals surface area contributed by atoms with Gasteiger partial charge in [-0.3, -0.25) is 9.59 Å². The van der Waals surface area contributed by atoms with Crippen molar-refractivity contribution < 1.29 is 9.59 Å². The van der Waals surface area contributed by atoms with Gasteiger partial charge in [0.1, 0.15) is 0 Å². The molecular weight excluding hydrogens is 360 g/mol. The fraction of sp³-hybridized carbons (Fsp3) is 0.364. The maximum atomic E-state index is 12.7. The van der Waals surface area contributed by atoms with Crippen molar-refractivity contribution >= 4 is 29.1 Å². The molecule has 0 radical (unpaired) electrons. The van der Waals surface area contributed by atoms with Crippen LogP contribution in [0.25, 0.3) is 0 Å². The van der Waals surface area contributed by atoms with Crippen LogP contribution in [0.4, 0.5) is 5.69 Å². The quantitative estimate of drug-likeness (QED) is 0.829. The van der Waals surface area contributed by atoms with Crippen molar-refractivity contribution in [2.75, 3.05) is 18.4 Å². The van der Waals surface area contributed by atoms with Crippen molar-refractivity contribution in [2.24, 2.45) is 5.92 Å². The molecule has 4 nitrogen and oxygen atoms in total. The zero-order chi connectivity index (χ0) is 19.6. The topological polar surface area (TPSA) is 49.4 Å². The molecule has 5 heteroatoms. The molecule has 0 spiro atoms. The standard InChI is InChI=1S/C22H25ClN2O2/c1-14-4-6-18(7-5-14)22(27)25-10-8-17(9-11-25)21(26)24-20-16(3)12-15(2)13-19(20)23/h4-7,12-13,17H,8-11H2,1-3H3,(H,24,26). The summed E-state index contributed by atoms with van der Waals surface area (Å²) in [6.07, 6.45) is 1.32. The van der Waals surface area contributed by atoms with Crippen LogP contribution >= 0.6 is 11.6 Å². The van der Waals surface area contributed by atoms with Gasteiger partial charge in [0.05, 0.1) is 10.7 Å². The minimum Gasteiger partial charge on any atom is -0.339 e. The lowest BCUT2D eigenvalue weighted by atomic mass is 9.95. The van der Waals surface area contributed by atoms with Crippen LogP contribution in [0.5, 0.6) is 0 Å². The van der Waals surface area contributed by atoms with Gasteiger partial charge < -0.3 is 10.2 Å². The first-order chi connectivity index (χ1) is 12.8. The minimum atomic E-state index is -0.108. The fourth-order valence-corrected chi connectivity index (χ4v) is 3.89. The number of hydrogen-bond acceptors (Lipinski definition) is 2. The Morgan fingerprint density at radius 3 is 2.22 bits per heavy atom. The predicted octanol–water partition coefficient (Wildman–Crippen LogP) is 4.76. The minimum absolute atomic E-state index is 0.0220. The van der Waals surface area contributed by atoms with Gasteiger partial charge in [-0.15, -0.1) is 0 Å². The van der Waals surface area contributed by atoms with E-state index in [2.05, 4.69) is 5.32 Å². The van der Waals surface area contributed by atoms with Gasteiger partial charge in [-0.25, -0.2) is 0 Å². The molecule has 0 atom stereocenters. The maximum absolute atomic E-state index is 12.7. The molecule has 1 N–H and O–H groups in total. The Bertz CT molecular complexity index is 830. The van der Waals surface area contributed by atoms with E-state index in [4.69, 9.17) is 11.6 Å². The number of nitrogens with zero attached hydrogens (tertiary/aromatic N) is 1. The van der Waals surface area contributed by atoms with Crippen LogP contribution in [0.2, 0.25) is 5.02 Å². The number of piperidine rings is 1. The summed E-state index contributed by atoms with van der Waals surface area (Å²) < 4.78 is 0. The van der Waals surface area contributed by atoms with Crippen LogP contribution in [-0.2, 0) is 4.79 Å². The van der Waals surface area contributed by atoms with E-state index in [0.29, 0.717) is 42.2 Å². The molecule has 2 aromatic carbocycles. The third kappa shape index (κ3) is 4.51. The van der Waals surface area contributed by atoms with E-state index in [-0.39, 0.29) is 17.7 Å². The number of aryl methyl sites for hydroxylation is 3. The highest BCUT2D eigenvalue weighted by molar-refractivity contribution is 6.34. The van der Waals surface area contributed by atoms with Gasteiger partial charge in [-0.1, -0.05) is 35.4 Å². The number of rotatable bonds is 3. The molecule has 0 saturated carbocycles. The first-order valence-corrected chi connectivity index (χ1v) is 9.66. The van der Waals surface area contributed by atoms with Crippen molar-refractivity contribution in [1.29, 1.82) is 0 Å². The molecule has 1 aliphatic rings. The van der Waals surface area contributed by atoms with Crippen molar-refractivity contribution in [1.82, 2.24) is 4.90 Å². The van der Waals surface area contributed by atoms with Crippen molar-refractivity contribution in [3.63, 3.8) is 0 Å². The summed E-state index contributed by atoms with van der Waals surface area (Å²) in [4.78, 5) is 27.1. The summed E-state index contributed by atoms with van der Waals surface area (Å²) >= 11 is 6.29. The Morgan fingerprint density at radius 1 is 1.00 bits per heavy atom. The van der Waals surface area contributed by atoms with Gasteiger partial charge in [0.15, 0.2) is 0 Å². The molecule has 3 rings (SSSR count). The number of likely N-dealkylation sites (tertiary alicyclic amines) is 1. The van der Waals surface area contributed by atoms with Crippen LogP contribution < -0.4 is 5.32 Å². The van der Waals surface area contributed by atoms with E-state index < -0.39 is 0 Å². The Kier molecular flexibility index (Phi) is 5.85. The SMILES string of the molecule is Cc1ccc(C(=O)N2CCC(C(=O)Nc3c(C)cc(C)cc3Cl)CC2)cc1. The lowest BCUT2D eigenvalue weighted by molar-refractivity contribution is -0.121. The lowest BCUT2D eigenvalue weighted by Crippen LogP contribution is -2.41. The Labute approximate surface area is 165 Å². The highest BCUT2D eigenvalue weighted by Gasteiger charge is 2.28. The average molecular weight is 385 g/mol. The first-order valence-electron chi connectivity index (χ1n) is 9.28. The molecule has 2 aromatic rings. The Hall–Kier alpha value is -2.33. The summed E-state index contributed by atoms with van der Waals surface area (Å²) in [5, 5.41) is 3.55. The maximum Gasteiger partial charge on any atom is 0.253 e. The van der Waals surface area contributed by atoms with Gasteiger partial charge in [0, 0.05) is 24.6 Å². The van der Waals surface area contributed by atoms with Crippen LogP contribution in [0.1, 0.15) is 39.9 Å². The molecule has 142 valence electrons. The van der Waals surface area contributed by atoms with E-state index in [1.165, 1.54) is 0 Å². The van der Waals surface area contributed by atoms with Crippen molar-refractivity contribution in [3.8, 4) is 0 Å². The van der Waals surface area contributed by atoms with Crippen molar-refractivity contribution in [3.05, 3.63) is 63.7 Å². The van der Waals surface area contributed by atoms with Gasteiger partial charge in [0.25, 0.3) is 5.91 Å². The monoisotopic (exact) mass is 384 g/mol. The third-order valence-electron chi connectivity index (χ3n) is 5.13. The molecule has 0 unspecified atom stereocenters. The highest BCUT2D eigenvalue weighted by Crippen LogP contribution is 2.29. The summed E-state index contributed by atoms with van der Waals surface area (Å²) in [7, 11) is 0. The highest BCUT2D eigenvalue weighted by atomic mass is 35.5. The van der Waals surface area contributed by atoms with Gasteiger partial charge in [0.2, 0.25) is 5.91 Å². The molecule has 27 heavy (non-hydrogen) atoms. The molecule has 2 amide bonds. The Morgan fingerprint density at radius 2 is 1.63 bits per heavy atom. The summed E-state index contributed by atoms with van der Waals surface area (Å²) in [6, 6.07) is 11.5. The normalized spacial score (nSPS) is 14.9. The summed E-state index contributed by atoms with van der Waals surface area (Å²) in [5.41, 5.74) is 4.54. The smallest absolute Gasteiger partial charge is 0.253 e. The van der Waals surface area contributed by atoms with Gasteiger partial charge in [-0.2, -0.15) is 0 Å². The molecule has 1 fully saturated rings. The second-order valence-corrected chi connectivity index (χ2v) is 7.77. The third-order valence-corrected chi connectivity index (χ3v) is 5.43. The number of anilines is 1. The molecule has 1 saturated heterocycles. The number of carbonyl (C=O) groups excluding carboxylic acids is 2. The zero-order valence-corrected chi connectivity index (χ0v) is 16.8. The van der Waals surface area contributed by atoms with E-state index >= 15 is 0 Å². The van der Waals surface area contributed by atoms with E-state index in [9.17, 15) is 9.59 Å². The molecular formula is C22H25ClN2O2. The predicted molar refractivity (Wildman–Crippen MR) is 109 cm³/mol. The molecule has 1 heterocycles. The van der Waals surface area contributed by atoms with Crippen LogP contribution in [0.15, 0.2) is 36.4 Å². The zero-order valence-electron chi connectivity index (χ0n) is 16.0. The van der Waals surface area contributed by atoms with Gasteiger partial charge in [-0.05, 0) is 62.9 Å². The van der Waals surface area contributed by atoms with Crippen LogP contribution in [0.3, 0.4) is 0 Å². The average Bonchev–Trinajstić information content (AvgIpc) is 2.64. The number of amides is 2. The molecule has 1 aliphatic heterocycles. The van der Waals surface area contributed by atoms with E-state index in [1.807, 2.05) is 62.1 Å². The van der Waals surface area contributed by atoms with E-state index in [0.717, 1.165) is 16.7 Å². The molecule has 0 bridgehead atoms. The number of halogens is 1. The number of hydrogen-bond donors (Lipinski definition) is 1. The van der Waals surface area contributed by atoms with Gasteiger partial charge >= 0.3 is 0 Å². The molecule has 0 aromatic heterocycles. The largest absolute Gasteiger partial charge is 0.339 e. The Balaban J connectivity index is 1.59. The number of nitrogens with one attached hydrogen (secondary N) is 1. The van der Waals surface area contributed by atoms with Crippen molar-refractivity contribution in [2.45, 2.75) is 33.6 Å². The number of carbonyl (C=O) groups is 2. The first kappa shape index (κ1) is 19.4. The second-order valence-electron chi connectivity index (χ2n) is 7.36. The van der Waals surface area contributed by atoms with E-state index in [1.54, 1.807) is 0 Å². The lowest BCUT2D eigenvalue weighted by Gasteiger charge is -2.31.